The van der Waals surface area contributed by atoms with Gasteiger partial charge in [-0.1, -0.05) is 23.4 Å². The zero-order valence-electron chi connectivity index (χ0n) is 7.90. The van der Waals surface area contributed by atoms with Gasteiger partial charge in [-0.2, -0.15) is 0 Å². The summed E-state index contributed by atoms with van der Waals surface area (Å²) in [4.78, 5) is 7.27. The number of aromatic nitrogens is 2. The van der Waals surface area contributed by atoms with Crippen LogP contribution in [0.4, 0.5) is 11.6 Å². The van der Waals surface area contributed by atoms with Crippen LogP contribution in [0.5, 0.6) is 0 Å². The zero-order chi connectivity index (χ0) is 11.1. The Hall–Kier alpha value is -0.480. The molecule has 0 aliphatic carbocycles. The number of nitrogen functional groups attached to an aromatic ring is 2. The SMILES string of the molecule is CSC(=N)N.I.Nc1cnc(Cl)c(N)n1. The Morgan fingerprint density at radius 2 is 2.00 bits per heavy atom. The van der Waals surface area contributed by atoms with Crippen molar-refractivity contribution < 1.29 is 0 Å². The van der Waals surface area contributed by atoms with Crippen LogP contribution in [0.25, 0.3) is 0 Å². The van der Waals surface area contributed by atoms with Gasteiger partial charge in [0.1, 0.15) is 5.82 Å². The van der Waals surface area contributed by atoms with Gasteiger partial charge in [0.2, 0.25) is 0 Å². The minimum absolute atomic E-state index is 0. The van der Waals surface area contributed by atoms with Crippen LogP contribution in [-0.4, -0.2) is 21.4 Å². The maximum absolute atomic E-state index is 6.48. The summed E-state index contributed by atoms with van der Waals surface area (Å²) in [6, 6.07) is 0. The minimum Gasteiger partial charge on any atom is -0.382 e. The standard InChI is InChI=1S/C4H5ClN4.C2H6N2S.HI/c5-3-4(7)9-2(6)1-8-3;1-5-2(3)4;/h1H,(H4,6,7,9);1H3,(H3,3,4);1H. The number of hydrogen-bond donors (Lipinski definition) is 4. The summed E-state index contributed by atoms with van der Waals surface area (Å²) in [6.45, 7) is 0. The predicted molar refractivity (Wildman–Crippen MR) is 76.7 cm³/mol. The average molecular weight is 363 g/mol. The van der Waals surface area contributed by atoms with Gasteiger partial charge < -0.3 is 17.2 Å². The first-order valence-corrected chi connectivity index (χ1v) is 4.99. The molecule has 86 valence electrons. The molecule has 0 atom stereocenters. The molecule has 0 saturated carbocycles. The van der Waals surface area contributed by atoms with E-state index >= 15 is 0 Å². The summed E-state index contributed by atoms with van der Waals surface area (Å²) < 4.78 is 0. The van der Waals surface area contributed by atoms with Gasteiger partial charge in [-0.3, -0.25) is 5.41 Å². The Bertz CT molecular complexity index is 322. The molecule has 0 aromatic carbocycles. The molecule has 7 N–H and O–H groups in total. The zero-order valence-corrected chi connectivity index (χ0v) is 11.8. The Balaban J connectivity index is 0. The van der Waals surface area contributed by atoms with Crippen LogP contribution in [-0.2, 0) is 0 Å². The van der Waals surface area contributed by atoms with Crippen molar-refractivity contribution in [3.8, 4) is 0 Å². The van der Waals surface area contributed by atoms with Crippen LogP contribution in [0.15, 0.2) is 6.20 Å². The van der Waals surface area contributed by atoms with Crippen LogP contribution in [0.3, 0.4) is 0 Å². The fourth-order valence-electron chi connectivity index (χ4n) is 0.403. The number of nitrogens with zero attached hydrogens (tertiary/aromatic N) is 2. The summed E-state index contributed by atoms with van der Waals surface area (Å²) >= 11 is 6.67. The molecule has 0 aliphatic heterocycles. The van der Waals surface area contributed by atoms with Crippen molar-refractivity contribution in [1.29, 1.82) is 5.41 Å². The Morgan fingerprint density at radius 1 is 1.53 bits per heavy atom. The second-order valence-corrected chi connectivity index (χ2v) is 3.25. The highest BCUT2D eigenvalue weighted by Crippen LogP contribution is 2.11. The van der Waals surface area contributed by atoms with E-state index in [1.807, 2.05) is 0 Å². The highest BCUT2D eigenvalue weighted by molar-refractivity contribution is 14.0. The van der Waals surface area contributed by atoms with Gasteiger partial charge in [0, 0.05) is 0 Å². The molecule has 0 spiro atoms. The van der Waals surface area contributed by atoms with Crippen LogP contribution in [0.1, 0.15) is 0 Å². The first-order chi connectivity index (χ1) is 6.47. The van der Waals surface area contributed by atoms with Crippen molar-refractivity contribution in [2.24, 2.45) is 5.73 Å². The lowest BCUT2D eigenvalue weighted by molar-refractivity contribution is 1.22. The average Bonchev–Trinajstić information content (AvgIpc) is 2.13. The third kappa shape index (κ3) is 8.51. The molecular weight excluding hydrogens is 351 g/mol. The molecule has 1 aromatic rings. The third-order valence-electron chi connectivity index (χ3n) is 0.991. The fraction of sp³-hybridized carbons (Fsp3) is 0.167. The monoisotopic (exact) mass is 362 g/mol. The highest BCUT2D eigenvalue weighted by atomic mass is 127. The van der Waals surface area contributed by atoms with Gasteiger partial charge in [0.05, 0.1) is 6.20 Å². The fourth-order valence-corrected chi connectivity index (χ4v) is 0.494. The quantitative estimate of drug-likeness (QED) is 0.311. The second-order valence-electron chi connectivity index (χ2n) is 2.04. The van der Waals surface area contributed by atoms with E-state index in [0.717, 1.165) is 0 Å². The summed E-state index contributed by atoms with van der Waals surface area (Å²) in [5, 5.41) is 6.84. The highest BCUT2D eigenvalue weighted by Gasteiger charge is 1.96. The molecule has 15 heavy (non-hydrogen) atoms. The van der Waals surface area contributed by atoms with Gasteiger partial charge in [-0.15, -0.1) is 24.0 Å². The lowest BCUT2D eigenvalue weighted by Gasteiger charge is -1.94. The molecule has 1 heterocycles. The van der Waals surface area contributed by atoms with E-state index < -0.39 is 0 Å². The first-order valence-electron chi connectivity index (χ1n) is 3.39. The molecule has 9 heteroatoms. The van der Waals surface area contributed by atoms with E-state index in [1.54, 1.807) is 6.26 Å². The van der Waals surface area contributed by atoms with Crippen molar-refractivity contribution in [2.45, 2.75) is 0 Å². The van der Waals surface area contributed by atoms with Crippen molar-refractivity contribution in [2.75, 3.05) is 17.7 Å². The summed E-state index contributed by atoms with van der Waals surface area (Å²) in [5.74, 6) is 0.438. The molecular formula is C6H12ClIN6S. The van der Waals surface area contributed by atoms with Crippen molar-refractivity contribution >= 4 is 64.1 Å². The Kier molecular flexibility index (Phi) is 9.93. The second kappa shape index (κ2) is 8.80. The van der Waals surface area contributed by atoms with Gasteiger partial charge in [0.15, 0.2) is 16.1 Å². The van der Waals surface area contributed by atoms with Gasteiger partial charge in [0.25, 0.3) is 0 Å². The minimum atomic E-state index is 0. The maximum Gasteiger partial charge on any atom is 0.171 e. The van der Waals surface area contributed by atoms with Gasteiger partial charge in [-0.25, -0.2) is 9.97 Å². The summed E-state index contributed by atoms with van der Waals surface area (Å²) in [5.41, 5.74) is 15.3. The number of nitrogens with one attached hydrogen (secondary N) is 1. The molecule has 0 unspecified atom stereocenters. The first kappa shape index (κ1) is 16.9. The van der Waals surface area contributed by atoms with Crippen LogP contribution < -0.4 is 17.2 Å². The van der Waals surface area contributed by atoms with E-state index in [4.69, 9.17) is 34.2 Å². The largest absolute Gasteiger partial charge is 0.382 e. The molecule has 0 fully saturated rings. The molecule has 0 radical (unpaired) electrons. The van der Waals surface area contributed by atoms with E-state index in [2.05, 4.69) is 9.97 Å². The summed E-state index contributed by atoms with van der Waals surface area (Å²) in [6.07, 6.45) is 3.11. The van der Waals surface area contributed by atoms with Crippen molar-refractivity contribution in [3.63, 3.8) is 0 Å². The molecule has 0 saturated heterocycles. The summed E-state index contributed by atoms with van der Waals surface area (Å²) in [7, 11) is 0. The number of rotatable bonds is 0. The number of thioether (sulfide) groups is 1. The molecule has 6 nitrogen and oxygen atoms in total. The molecule has 0 amide bonds. The van der Waals surface area contributed by atoms with Crippen molar-refractivity contribution in [1.82, 2.24) is 9.97 Å². The molecule has 1 rings (SSSR count). The Labute approximate surface area is 114 Å². The Morgan fingerprint density at radius 3 is 2.27 bits per heavy atom. The van der Waals surface area contributed by atoms with E-state index in [0.29, 0.717) is 0 Å². The molecule has 0 aliphatic rings. The van der Waals surface area contributed by atoms with Crippen molar-refractivity contribution in [3.05, 3.63) is 11.3 Å². The number of hydrogen-bond acceptors (Lipinski definition) is 6. The van der Waals surface area contributed by atoms with Crippen LogP contribution in [0.2, 0.25) is 5.15 Å². The number of halogens is 2. The smallest absolute Gasteiger partial charge is 0.171 e. The van der Waals surface area contributed by atoms with E-state index in [-0.39, 0.29) is 45.9 Å². The van der Waals surface area contributed by atoms with Crippen LogP contribution in [0, 0.1) is 5.41 Å². The number of anilines is 2. The topological polar surface area (TPSA) is 128 Å². The van der Waals surface area contributed by atoms with E-state index in [9.17, 15) is 0 Å². The third-order valence-corrected chi connectivity index (χ3v) is 1.72. The van der Waals surface area contributed by atoms with E-state index in [1.165, 1.54) is 18.0 Å². The molecule has 1 aromatic heterocycles. The lowest BCUT2D eigenvalue weighted by atomic mass is 10.6. The predicted octanol–water partition coefficient (Wildman–Crippen LogP) is 1.16. The molecule has 0 bridgehead atoms. The maximum atomic E-state index is 6.48. The van der Waals surface area contributed by atoms with Gasteiger partial charge in [-0.05, 0) is 6.26 Å². The van der Waals surface area contributed by atoms with Gasteiger partial charge >= 0.3 is 0 Å². The lowest BCUT2D eigenvalue weighted by Crippen LogP contribution is -2.01. The number of amidine groups is 1. The normalized spacial score (nSPS) is 8.13. The van der Waals surface area contributed by atoms with Crippen LogP contribution >= 0.6 is 47.3 Å². The number of nitrogens with two attached hydrogens (primary N) is 3.